The molecule has 6 atom stereocenters. The van der Waals surface area contributed by atoms with Crippen molar-refractivity contribution in [3.05, 3.63) is 0 Å². The molecule has 19 heteroatoms. The largest absolute Gasteiger partial charge is 0.472 e. The monoisotopic (exact) mass is 1480 g/mol. The van der Waals surface area contributed by atoms with Crippen LogP contribution in [0.15, 0.2) is 0 Å². The van der Waals surface area contributed by atoms with Gasteiger partial charge in [0.15, 0.2) is 12.2 Å². The van der Waals surface area contributed by atoms with E-state index < -0.39 is 97.5 Å². The molecule has 0 radical (unpaired) electrons. The molecule has 0 aliphatic heterocycles. The van der Waals surface area contributed by atoms with Gasteiger partial charge in [0.25, 0.3) is 0 Å². The van der Waals surface area contributed by atoms with E-state index in [1.165, 1.54) is 218 Å². The van der Waals surface area contributed by atoms with E-state index in [0.29, 0.717) is 31.6 Å². The van der Waals surface area contributed by atoms with Crippen molar-refractivity contribution in [3.8, 4) is 0 Å². The Labute approximate surface area is 619 Å². The second kappa shape index (κ2) is 71.0. The van der Waals surface area contributed by atoms with Crippen LogP contribution in [0.4, 0.5) is 0 Å². The minimum Gasteiger partial charge on any atom is -0.462 e. The van der Waals surface area contributed by atoms with E-state index in [1.54, 1.807) is 0 Å². The van der Waals surface area contributed by atoms with Crippen molar-refractivity contribution in [1.82, 2.24) is 0 Å². The molecule has 0 aromatic carbocycles. The second-order valence-electron chi connectivity index (χ2n) is 31.2. The Kier molecular flexibility index (Phi) is 69.6. The van der Waals surface area contributed by atoms with Crippen LogP contribution >= 0.6 is 15.6 Å². The van der Waals surface area contributed by atoms with E-state index in [2.05, 4.69) is 55.4 Å². The highest BCUT2D eigenvalue weighted by Crippen LogP contribution is 2.45. The summed E-state index contributed by atoms with van der Waals surface area (Å²) in [7, 11) is -9.92. The first kappa shape index (κ1) is 99.1. The molecule has 0 aromatic heterocycles. The van der Waals surface area contributed by atoms with Crippen LogP contribution in [0, 0.1) is 23.7 Å². The third-order valence-electron chi connectivity index (χ3n) is 19.4. The fourth-order valence-corrected chi connectivity index (χ4v) is 14.2. The van der Waals surface area contributed by atoms with Crippen LogP contribution in [0.25, 0.3) is 0 Å². The van der Waals surface area contributed by atoms with Crippen LogP contribution in [-0.4, -0.2) is 96.7 Å². The number of unbranched alkanes of at least 4 members (excludes halogenated alkanes) is 44. The molecule has 0 aliphatic rings. The Balaban J connectivity index is 5.20. The molecule has 0 saturated heterocycles. The minimum absolute atomic E-state index is 0.106. The summed E-state index contributed by atoms with van der Waals surface area (Å²) in [4.78, 5) is 73.0. The molecule has 0 spiro atoms. The molecule has 17 nitrogen and oxygen atoms in total. The van der Waals surface area contributed by atoms with Crippen LogP contribution in [0.1, 0.15) is 421 Å². The van der Waals surface area contributed by atoms with Gasteiger partial charge in [-0.1, -0.05) is 370 Å². The number of esters is 4. The zero-order chi connectivity index (χ0) is 74.6. The smallest absolute Gasteiger partial charge is 0.462 e. The van der Waals surface area contributed by atoms with E-state index in [-0.39, 0.29) is 25.7 Å². The van der Waals surface area contributed by atoms with Gasteiger partial charge in [-0.25, -0.2) is 9.13 Å². The van der Waals surface area contributed by atoms with Crippen molar-refractivity contribution in [2.24, 2.45) is 23.7 Å². The lowest BCUT2D eigenvalue weighted by Gasteiger charge is -2.21. The third-order valence-corrected chi connectivity index (χ3v) is 21.3. The number of hydrogen-bond donors (Lipinski definition) is 3. The molecule has 0 rings (SSSR count). The second-order valence-corrected chi connectivity index (χ2v) is 34.1. The zero-order valence-corrected chi connectivity index (χ0v) is 68.3. The normalized spacial score (nSPS) is 14.3. The van der Waals surface area contributed by atoms with Gasteiger partial charge in [-0.3, -0.25) is 37.3 Å². The highest BCUT2D eigenvalue weighted by Gasteiger charge is 2.30. The Morgan fingerprint density at radius 1 is 0.277 bits per heavy atom. The topological polar surface area (TPSA) is 237 Å². The van der Waals surface area contributed by atoms with Crippen molar-refractivity contribution in [2.45, 2.75) is 440 Å². The molecule has 101 heavy (non-hydrogen) atoms. The average Bonchev–Trinajstić information content (AvgIpc) is 0.920. The number of carbonyl (C=O) groups excluding carboxylic acids is 4. The average molecular weight is 1480 g/mol. The predicted molar refractivity (Wildman–Crippen MR) is 414 cm³/mol. The summed E-state index contributed by atoms with van der Waals surface area (Å²) < 4.78 is 68.7. The van der Waals surface area contributed by atoms with Gasteiger partial charge in [-0.05, 0) is 49.4 Å². The van der Waals surface area contributed by atoms with Gasteiger partial charge >= 0.3 is 39.5 Å². The van der Waals surface area contributed by atoms with Crippen molar-refractivity contribution < 1.29 is 80.2 Å². The molecule has 0 heterocycles. The molecule has 600 valence electrons. The number of phosphoric ester groups is 2. The highest BCUT2D eigenvalue weighted by atomic mass is 31.2. The van der Waals surface area contributed by atoms with Crippen LogP contribution in [-0.2, 0) is 65.4 Å². The number of aliphatic hydroxyl groups is 1. The van der Waals surface area contributed by atoms with Gasteiger partial charge in [0.05, 0.1) is 26.4 Å². The maximum Gasteiger partial charge on any atom is 0.472 e. The first-order chi connectivity index (χ1) is 48.6. The lowest BCUT2D eigenvalue weighted by Crippen LogP contribution is -2.30. The molecule has 3 N–H and O–H groups in total. The standard InChI is InChI=1S/C82H160O17P2/c1-9-75(8)61-53-45-37-29-23-16-14-12-10-11-13-15-17-25-31-39-48-56-64-81(86)99-78(69-93-80(85)63-55-47-41-33-36-44-52-60-74(6)7)71-97-101(90,91)95-67-76(83)66-94-100(88,89)96-70-77(98-82(87)65-57-49-40-32-26-20-22-28-35-43-51-59-73(4)5)68-92-79(84)62-54-46-38-30-24-19-18-21-27-34-42-50-58-72(2)3/h72-78,83H,9-71H2,1-8H3,(H,88,89)(H,90,91)/t75?,76?,77-,78-/m1/s1. The molecule has 0 aromatic rings. The molecule has 0 aliphatic carbocycles. The summed E-state index contributed by atoms with van der Waals surface area (Å²) >= 11 is 0. The lowest BCUT2D eigenvalue weighted by atomic mass is 9.99. The Morgan fingerprint density at radius 2 is 0.475 bits per heavy atom. The number of carbonyl (C=O) groups is 4. The summed E-state index contributed by atoms with van der Waals surface area (Å²) in [6.07, 6.45) is 58.4. The van der Waals surface area contributed by atoms with Crippen molar-refractivity contribution in [1.29, 1.82) is 0 Å². The van der Waals surface area contributed by atoms with Gasteiger partial charge in [-0.2, -0.15) is 0 Å². The van der Waals surface area contributed by atoms with E-state index in [4.69, 9.17) is 37.0 Å². The molecule has 0 amide bonds. The number of aliphatic hydroxyl groups excluding tert-OH is 1. The molecule has 4 unspecified atom stereocenters. The zero-order valence-electron chi connectivity index (χ0n) is 66.5. The molecular weight excluding hydrogens is 1320 g/mol. The van der Waals surface area contributed by atoms with Crippen LogP contribution in [0.2, 0.25) is 0 Å². The summed E-state index contributed by atoms with van der Waals surface area (Å²) in [6.45, 7) is 14.3. The molecule has 0 bridgehead atoms. The van der Waals surface area contributed by atoms with Crippen LogP contribution < -0.4 is 0 Å². The fraction of sp³-hybridized carbons (Fsp3) is 0.951. The van der Waals surface area contributed by atoms with Gasteiger partial charge in [0, 0.05) is 25.7 Å². The maximum absolute atomic E-state index is 13.1. The maximum atomic E-state index is 13.1. The molecule has 0 saturated carbocycles. The summed E-state index contributed by atoms with van der Waals surface area (Å²) in [5.41, 5.74) is 0. The first-order valence-corrected chi connectivity index (χ1v) is 45.2. The first-order valence-electron chi connectivity index (χ1n) is 42.2. The van der Waals surface area contributed by atoms with Crippen molar-refractivity contribution in [3.63, 3.8) is 0 Å². The van der Waals surface area contributed by atoms with E-state index in [1.807, 2.05) is 0 Å². The Hall–Kier alpha value is -1.94. The number of hydrogen-bond acceptors (Lipinski definition) is 15. The molecule has 0 fully saturated rings. The van der Waals surface area contributed by atoms with Crippen molar-refractivity contribution >= 4 is 39.5 Å². The summed E-state index contributed by atoms with van der Waals surface area (Å²) in [6, 6.07) is 0. The SMILES string of the molecule is CCC(C)CCCCCCCCCCCCCCCCCCCCC(=O)O[C@H](COC(=O)CCCCCCCCCC(C)C)COP(=O)(O)OCC(O)COP(=O)(O)OC[C@@H](COC(=O)CCCCCCCCCCCCCCC(C)C)OC(=O)CCCCCCCCCCCCCC(C)C. The lowest BCUT2D eigenvalue weighted by molar-refractivity contribution is -0.161. The van der Waals surface area contributed by atoms with Gasteiger partial charge in [0.1, 0.15) is 19.3 Å². The van der Waals surface area contributed by atoms with Crippen LogP contribution in [0.3, 0.4) is 0 Å². The highest BCUT2D eigenvalue weighted by molar-refractivity contribution is 7.47. The van der Waals surface area contributed by atoms with Crippen LogP contribution in [0.5, 0.6) is 0 Å². The van der Waals surface area contributed by atoms with Gasteiger partial charge in [-0.15, -0.1) is 0 Å². The minimum atomic E-state index is -4.96. The fourth-order valence-electron chi connectivity index (χ4n) is 12.6. The third kappa shape index (κ3) is 74.7. The Bertz CT molecular complexity index is 1970. The van der Waals surface area contributed by atoms with E-state index >= 15 is 0 Å². The quantitative estimate of drug-likeness (QED) is 0.0222. The Morgan fingerprint density at radius 3 is 0.703 bits per heavy atom. The predicted octanol–water partition coefficient (Wildman–Crippen LogP) is 24.4. The van der Waals surface area contributed by atoms with Gasteiger partial charge in [0.2, 0.25) is 0 Å². The summed E-state index contributed by atoms with van der Waals surface area (Å²) in [5.74, 6) is 1.01. The molecular formula is C82H160O17P2. The summed E-state index contributed by atoms with van der Waals surface area (Å²) in [5, 5.41) is 10.6. The van der Waals surface area contributed by atoms with Gasteiger partial charge < -0.3 is 33.8 Å². The number of ether oxygens (including phenoxy) is 4. The van der Waals surface area contributed by atoms with Crippen molar-refractivity contribution in [2.75, 3.05) is 39.6 Å². The van der Waals surface area contributed by atoms with E-state index in [0.717, 1.165) is 114 Å². The number of rotatable bonds is 79. The number of phosphoric acid groups is 2. The van der Waals surface area contributed by atoms with E-state index in [9.17, 15) is 43.2 Å².